The monoisotopic (exact) mass is 460 g/mol. The smallest absolute Gasteiger partial charge is 0.374 e. The van der Waals surface area contributed by atoms with Crippen LogP contribution >= 0.6 is 0 Å². The van der Waals surface area contributed by atoms with Crippen LogP contribution in [0.3, 0.4) is 0 Å². The van der Waals surface area contributed by atoms with Crippen molar-refractivity contribution >= 4 is 33.8 Å². The Hall–Kier alpha value is -4.38. The van der Waals surface area contributed by atoms with Crippen molar-refractivity contribution in [2.24, 2.45) is 0 Å². The number of hydrogen-bond acceptors (Lipinski definition) is 4. The maximum atomic E-state index is 6.32. The van der Waals surface area contributed by atoms with Crippen LogP contribution in [0.5, 0.6) is 5.75 Å². The zero-order valence-corrected chi connectivity index (χ0v) is 19.8. The molecule has 1 aliphatic heterocycles. The van der Waals surface area contributed by atoms with E-state index in [9.17, 15) is 0 Å². The summed E-state index contributed by atoms with van der Waals surface area (Å²) in [6, 6.07) is 24.6. The third kappa shape index (κ3) is 3.75. The van der Waals surface area contributed by atoms with Gasteiger partial charge in [0.2, 0.25) is 5.58 Å². The van der Waals surface area contributed by atoms with E-state index in [4.69, 9.17) is 14.1 Å². The van der Waals surface area contributed by atoms with Gasteiger partial charge in [-0.3, -0.25) is 0 Å². The Morgan fingerprint density at radius 3 is 2.66 bits per heavy atom. The molecule has 0 atom stereocenters. The zero-order valence-electron chi connectivity index (χ0n) is 19.8. The van der Waals surface area contributed by atoms with Gasteiger partial charge < -0.3 is 14.5 Å². The number of aryl methyl sites for hydroxylation is 2. The predicted molar refractivity (Wildman–Crippen MR) is 140 cm³/mol. The van der Waals surface area contributed by atoms with E-state index in [0.29, 0.717) is 5.88 Å². The van der Waals surface area contributed by atoms with Crippen molar-refractivity contribution in [2.45, 2.75) is 26.8 Å². The van der Waals surface area contributed by atoms with Gasteiger partial charge in [-0.15, -0.1) is 0 Å². The van der Waals surface area contributed by atoms with Crippen LogP contribution in [0.15, 0.2) is 95.2 Å². The van der Waals surface area contributed by atoms with E-state index in [2.05, 4.69) is 60.1 Å². The second-order valence-electron chi connectivity index (χ2n) is 8.49. The maximum absolute atomic E-state index is 6.32. The van der Waals surface area contributed by atoms with Gasteiger partial charge >= 0.3 is 5.89 Å². The van der Waals surface area contributed by atoms with Crippen molar-refractivity contribution in [3.8, 4) is 17.0 Å². The van der Waals surface area contributed by atoms with E-state index in [-0.39, 0.29) is 0 Å². The Balaban J connectivity index is 1.43. The van der Waals surface area contributed by atoms with Crippen molar-refractivity contribution in [1.82, 2.24) is 4.98 Å². The molecule has 0 amide bonds. The van der Waals surface area contributed by atoms with Crippen LogP contribution in [0, 0.1) is 0 Å². The lowest BCUT2D eigenvalue weighted by atomic mass is 9.99. The molecule has 35 heavy (non-hydrogen) atoms. The third-order valence-corrected chi connectivity index (χ3v) is 6.38. The van der Waals surface area contributed by atoms with Crippen LogP contribution < -0.4 is 14.6 Å². The molecule has 172 valence electrons. The first kappa shape index (κ1) is 21.2. The van der Waals surface area contributed by atoms with Gasteiger partial charge in [-0.05, 0) is 61.4 Å². The number of aromatic nitrogens is 2. The van der Waals surface area contributed by atoms with E-state index in [1.54, 1.807) is 0 Å². The number of allylic oxidation sites excluding steroid dienone is 2. The highest BCUT2D eigenvalue weighted by Gasteiger charge is 2.26. The van der Waals surface area contributed by atoms with Crippen LogP contribution in [0.2, 0.25) is 0 Å². The van der Waals surface area contributed by atoms with E-state index in [1.807, 2.05) is 54.6 Å². The Bertz CT molecular complexity index is 1600. The van der Waals surface area contributed by atoms with Gasteiger partial charge in [-0.25, -0.2) is 4.98 Å². The fourth-order valence-electron chi connectivity index (χ4n) is 4.69. The average Bonchev–Trinajstić information content (AvgIpc) is 3.48. The predicted octanol–water partition coefficient (Wildman–Crippen LogP) is 6.88. The molecule has 6 rings (SSSR count). The van der Waals surface area contributed by atoms with Crippen molar-refractivity contribution in [1.29, 1.82) is 0 Å². The molecule has 5 aromatic rings. The first-order valence-electron chi connectivity index (χ1n) is 12.0. The topological polar surface area (TPSA) is 51.2 Å². The van der Waals surface area contributed by atoms with E-state index < -0.39 is 0 Å². The normalized spacial score (nSPS) is 14.1. The second kappa shape index (κ2) is 8.76. The minimum atomic E-state index is 0.691. The zero-order chi connectivity index (χ0) is 23.8. The Morgan fingerprint density at radius 1 is 0.943 bits per heavy atom. The van der Waals surface area contributed by atoms with Crippen LogP contribution in [0.1, 0.15) is 25.3 Å². The number of hydrogen-bond donors (Lipinski definition) is 1. The lowest BCUT2D eigenvalue weighted by Crippen LogP contribution is -2.34. The molecule has 0 aliphatic carbocycles. The van der Waals surface area contributed by atoms with Crippen molar-refractivity contribution in [3.05, 3.63) is 102 Å². The fraction of sp³-hybridized carbons (Fsp3) is 0.133. The van der Waals surface area contributed by atoms with Gasteiger partial charge in [0.15, 0.2) is 11.6 Å². The molecule has 3 aromatic carbocycles. The number of ether oxygens (including phenoxy) is 1. The van der Waals surface area contributed by atoms with E-state index in [0.717, 1.165) is 63.6 Å². The molecule has 2 aromatic heterocycles. The highest BCUT2D eigenvalue weighted by molar-refractivity contribution is 5.92. The molecule has 0 bridgehead atoms. The van der Waals surface area contributed by atoms with Crippen molar-refractivity contribution in [3.63, 3.8) is 0 Å². The number of rotatable bonds is 5. The van der Waals surface area contributed by atoms with Gasteiger partial charge in [0, 0.05) is 5.39 Å². The number of oxazole rings is 1. The fourth-order valence-corrected chi connectivity index (χ4v) is 4.69. The lowest BCUT2D eigenvalue weighted by molar-refractivity contribution is -0.674. The number of para-hydroxylation sites is 3. The van der Waals surface area contributed by atoms with Gasteiger partial charge in [0.1, 0.15) is 6.54 Å². The number of fused-ring (bicyclic) bond motifs is 3. The molecule has 0 saturated heterocycles. The lowest BCUT2D eigenvalue weighted by Gasteiger charge is -2.08. The number of pyridine rings is 1. The first-order valence-corrected chi connectivity index (χ1v) is 12.0. The summed E-state index contributed by atoms with van der Waals surface area (Å²) in [5.41, 5.74) is 7.24. The standard InChI is InChI=1S/C30H25N3O2/c1-3-20-17-19-26-30(29(20)24-18-16-21-10-5-6-11-22(21)31-24)33(4-2)28(35-26)15-9-14-27-32-23-12-7-8-13-25(23)34-27/h5-19H,3-4H2,1-2H3/p+1. The van der Waals surface area contributed by atoms with Gasteiger partial charge in [0.05, 0.1) is 28.5 Å². The molecule has 0 radical (unpaired) electrons. The minimum absolute atomic E-state index is 0.691. The maximum Gasteiger partial charge on any atom is 0.374 e. The summed E-state index contributed by atoms with van der Waals surface area (Å²) < 4.78 is 14.4. The molecule has 3 heterocycles. The number of nitrogens with one attached hydrogen (secondary N) is 1. The van der Waals surface area contributed by atoms with Crippen LogP contribution in [0.4, 0.5) is 5.69 Å². The Morgan fingerprint density at radius 2 is 1.80 bits per heavy atom. The molecule has 0 unspecified atom stereocenters. The third-order valence-electron chi connectivity index (χ3n) is 6.38. The molecule has 0 spiro atoms. The van der Waals surface area contributed by atoms with Crippen LogP contribution in [-0.4, -0.2) is 4.98 Å². The van der Waals surface area contributed by atoms with Gasteiger partial charge in [-0.1, -0.05) is 49.4 Å². The molecule has 1 N–H and O–H groups in total. The summed E-state index contributed by atoms with van der Waals surface area (Å²) in [4.78, 5) is 5.02. The largest absolute Gasteiger partial charge is 0.439 e. The Labute approximate surface area is 204 Å². The first-order chi connectivity index (χ1) is 17.2. The number of nitrogens with zero attached hydrogens (tertiary/aromatic N) is 2. The van der Waals surface area contributed by atoms with Crippen LogP contribution in [0.25, 0.3) is 39.3 Å². The summed E-state index contributed by atoms with van der Waals surface area (Å²) in [6.07, 6.45) is 6.76. The summed E-state index contributed by atoms with van der Waals surface area (Å²) >= 11 is 0. The minimum Gasteiger partial charge on any atom is -0.439 e. The molecule has 0 saturated carbocycles. The summed E-state index contributed by atoms with van der Waals surface area (Å²) in [7, 11) is 0. The van der Waals surface area contributed by atoms with Gasteiger partial charge in [0.25, 0.3) is 5.52 Å². The number of anilines is 1. The van der Waals surface area contributed by atoms with E-state index in [1.165, 1.54) is 5.56 Å². The number of benzene rings is 3. The molecule has 1 aliphatic rings. The highest BCUT2D eigenvalue weighted by Crippen LogP contribution is 2.34. The van der Waals surface area contributed by atoms with Crippen LogP contribution in [-0.2, 0) is 13.0 Å². The summed E-state index contributed by atoms with van der Waals surface area (Å²) in [6.45, 7) is 5.10. The summed E-state index contributed by atoms with van der Waals surface area (Å²) in [5, 5.41) is 4.42. The Kier molecular flexibility index (Phi) is 5.30. The van der Waals surface area contributed by atoms with Crippen molar-refractivity contribution < 1.29 is 13.7 Å². The van der Waals surface area contributed by atoms with E-state index >= 15 is 0 Å². The molecule has 5 heteroatoms. The van der Waals surface area contributed by atoms with Crippen molar-refractivity contribution in [2.75, 3.05) is 5.32 Å². The summed E-state index contributed by atoms with van der Waals surface area (Å²) in [5.74, 6) is 2.31. The highest BCUT2D eigenvalue weighted by atomic mass is 16.5. The second-order valence-corrected chi connectivity index (χ2v) is 8.49. The average molecular weight is 461 g/mol. The molecule has 5 nitrogen and oxygen atoms in total. The molecular weight excluding hydrogens is 434 g/mol. The molecule has 0 fully saturated rings. The van der Waals surface area contributed by atoms with Gasteiger partial charge in [-0.2, -0.15) is 4.57 Å². The quantitative estimate of drug-likeness (QED) is 0.291. The SMILES string of the molecule is CCc1ccc2oc(C=CC=C3Nc4ccccc4O3)[n+](CC)c2c1-c1ccc2ccccc2n1. The molecular formula is C30H26N3O2+.